The van der Waals surface area contributed by atoms with Crippen LogP contribution in [0.4, 0.5) is 0 Å². The molecule has 1 aliphatic rings. The summed E-state index contributed by atoms with van der Waals surface area (Å²) in [6.45, 7) is 3.05. The van der Waals surface area contributed by atoms with Crippen LogP contribution < -0.4 is 5.32 Å². The van der Waals surface area contributed by atoms with Crippen molar-refractivity contribution in [1.82, 2.24) is 10.2 Å². The fourth-order valence-electron chi connectivity index (χ4n) is 2.69. The zero-order chi connectivity index (χ0) is 16.0. The van der Waals surface area contributed by atoms with Crippen LogP contribution >= 0.6 is 0 Å². The van der Waals surface area contributed by atoms with Crippen LogP contribution in [0, 0.1) is 5.92 Å². The number of likely N-dealkylation sites (N-methyl/N-ethyl adjacent to an activating group) is 1. The van der Waals surface area contributed by atoms with Gasteiger partial charge in [0.1, 0.15) is 12.1 Å². The van der Waals surface area contributed by atoms with Gasteiger partial charge in [0.25, 0.3) is 0 Å². The van der Waals surface area contributed by atoms with Crippen LogP contribution in [0.1, 0.15) is 46.0 Å². The van der Waals surface area contributed by atoms with E-state index in [1.54, 1.807) is 14.0 Å². The molecule has 1 rings (SSSR count). The van der Waals surface area contributed by atoms with E-state index < -0.39 is 18.1 Å². The zero-order valence-electron chi connectivity index (χ0n) is 13.3. The van der Waals surface area contributed by atoms with Gasteiger partial charge in [0.15, 0.2) is 0 Å². The molecule has 120 valence electrons. The molecule has 0 aromatic carbocycles. The van der Waals surface area contributed by atoms with Crippen LogP contribution in [0.3, 0.4) is 0 Å². The predicted octanol–water partition coefficient (Wildman–Crippen LogP) is 1.09. The van der Waals surface area contributed by atoms with Crippen molar-refractivity contribution in [3.05, 3.63) is 0 Å². The van der Waals surface area contributed by atoms with Gasteiger partial charge in [0.2, 0.25) is 11.8 Å². The van der Waals surface area contributed by atoms with E-state index in [-0.39, 0.29) is 17.7 Å². The summed E-state index contributed by atoms with van der Waals surface area (Å²) in [5, 5.41) is 2.77. The van der Waals surface area contributed by atoms with E-state index in [0.717, 1.165) is 25.7 Å². The molecule has 1 fully saturated rings. The SMILES string of the molecule is COC(=O)[C@@H](NC(=O)[C@H](C)N(C)C(C)=O)C1CCCCC1. The lowest BCUT2D eigenvalue weighted by atomic mass is 9.83. The van der Waals surface area contributed by atoms with Gasteiger partial charge in [-0.1, -0.05) is 19.3 Å². The van der Waals surface area contributed by atoms with E-state index in [9.17, 15) is 14.4 Å². The second-order valence-electron chi connectivity index (χ2n) is 5.71. The van der Waals surface area contributed by atoms with Crippen LogP contribution in [0.5, 0.6) is 0 Å². The molecule has 0 spiro atoms. The topological polar surface area (TPSA) is 75.7 Å². The molecule has 0 aromatic rings. The normalized spacial score (nSPS) is 18.5. The molecule has 0 aliphatic heterocycles. The molecule has 6 nitrogen and oxygen atoms in total. The third-order valence-electron chi connectivity index (χ3n) is 4.33. The first-order chi connectivity index (χ1) is 9.88. The molecule has 0 radical (unpaired) electrons. The Morgan fingerprint density at radius 2 is 1.76 bits per heavy atom. The second kappa shape index (κ2) is 8.00. The van der Waals surface area contributed by atoms with Gasteiger partial charge in [0, 0.05) is 14.0 Å². The summed E-state index contributed by atoms with van der Waals surface area (Å²) in [7, 11) is 2.90. The Hall–Kier alpha value is -1.59. The lowest BCUT2D eigenvalue weighted by Gasteiger charge is -2.31. The average molecular weight is 298 g/mol. The summed E-state index contributed by atoms with van der Waals surface area (Å²) in [4.78, 5) is 36.9. The summed E-state index contributed by atoms with van der Waals surface area (Å²) in [6.07, 6.45) is 5.13. The Bertz CT molecular complexity index is 391. The van der Waals surface area contributed by atoms with Gasteiger partial charge in [0.05, 0.1) is 7.11 Å². The number of esters is 1. The van der Waals surface area contributed by atoms with Gasteiger partial charge in [-0.05, 0) is 25.7 Å². The number of hydrogen-bond donors (Lipinski definition) is 1. The molecule has 1 aliphatic carbocycles. The van der Waals surface area contributed by atoms with Crippen molar-refractivity contribution in [3.8, 4) is 0 Å². The molecule has 1 N–H and O–H groups in total. The van der Waals surface area contributed by atoms with Gasteiger partial charge in [-0.25, -0.2) is 4.79 Å². The van der Waals surface area contributed by atoms with Crippen molar-refractivity contribution in [3.63, 3.8) is 0 Å². The van der Waals surface area contributed by atoms with Crippen molar-refractivity contribution in [2.75, 3.05) is 14.2 Å². The van der Waals surface area contributed by atoms with Crippen molar-refractivity contribution < 1.29 is 19.1 Å². The van der Waals surface area contributed by atoms with E-state index in [1.165, 1.54) is 25.4 Å². The maximum absolute atomic E-state index is 12.2. The standard InChI is InChI=1S/C15H26N2O4/c1-10(17(3)11(2)18)14(19)16-13(15(20)21-4)12-8-6-5-7-9-12/h10,12-13H,5-9H2,1-4H3,(H,16,19)/t10-,13-/m0/s1. The van der Waals surface area contributed by atoms with E-state index >= 15 is 0 Å². The Labute approximate surface area is 126 Å². The lowest BCUT2D eigenvalue weighted by molar-refractivity contribution is -0.148. The molecule has 0 aromatic heterocycles. The van der Waals surface area contributed by atoms with E-state index in [1.807, 2.05) is 0 Å². The number of nitrogens with zero attached hydrogens (tertiary/aromatic N) is 1. The number of nitrogens with one attached hydrogen (secondary N) is 1. The lowest BCUT2D eigenvalue weighted by Crippen LogP contribution is -2.53. The van der Waals surface area contributed by atoms with Gasteiger partial charge in [-0.3, -0.25) is 9.59 Å². The highest BCUT2D eigenvalue weighted by atomic mass is 16.5. The third kappa shape index (κ3) is 4.72. The number of ether oxygens (including phenoxy) is 1. The number of hydrogen-bond acceptors (Lipinski definition) is 4. The second-order valence-corrected chi connectivity index (χ2v) is 5.71. The average Bonchev–Trinajstić information content (AvgIpc) is 2.50. The fourth-order valence-corrected chi connectivity index (χ4v) is 2.69. The maximum atomic E-state index is 12.2. The number of carbonyl (C=O) groups excluding carboxylic acids is 3. The van der Waals surface area contributed by atoms with E-state index in [0.29, 0.717) is 0 Å². The summed E-state index contributed by atoms with van der Waals surface area (Å²) < 4.78 is 4.82. The summed E-state index contributed by atoms with van der Waals surface area (Å²) >= 11 is 0. The van der Waals surface area contributed by atoms with E-state index in [4.69, 9.17) is 4.74 Å². The van der Waals surface area contributed by atoms with Gasteiger partial charge in [-0.2, -0.15) is 0 Å². The van der Waals surface area contributed by atoms with Crippen LogP contribution in [0.2, 0.25) is 0 Å². The molecule has 21 heavy (non-hydrogen) atoms. The Morgan fingerprint density at radius 1 is 1.19 bits per heavy atom. The molecular formula is C15H26N2O4. The largest absolute Gasteiger partial charge is 0.467 e. The Morgan fingerprint density at radius 3 is 2.24 bits per heavy atom. The summed E-state index contributed by atoms with van der Waals surface area (Å²) in [6, 6.07) is -1.23. The predicted molar refractivity (Wildman–Crippen MR) is 78.4 cm³/mol. The highest BCUT2D eigenvalue weighted by Crippen LogP contribution is 2.27. The minimum Gasteiger partial charge on any atom is -0.467 e. The maximum Gasteiger partial charge on any atom is 0.328 e. The van der Waals surface area contributed by atoms with Crippen molar-refractivity contribution in [2.45, 2.75) is 58.0 Å². The van der Waals surface area contributed by atoms with Crippen LogP contribution in [-0.2, 0) is 19.1 Å². The van der Waals surface area contributed by atoms with Crippen molar-refractivity contribution in [2.24, 2.45) is 5.92 Å². The highest BCUT2D eigenvalue weighted by molar-refractivity contribution is 5.90. The smallest absolute Gasteiger partial charge is 0.328 e. The van der Waals surface area contributed by atoms with Gasteiger partial charge < -0.3 is 15.0 Å². The fraction of sp³-hybridized carbons (Fsp3) is 0.800. The van der Waals surface area contributed by atoms with Gasteiger partial charge in [-0.15, -0.1) is 0 Å². The minimum atomic E-state index is -0.620. The highest BCUT2D eigenvalue weighted by Gasteiger charge is 2.33. The molecular weight excluding hydrogens is 272 g/mol. The number of amides is 2. The number of rotatable bonds is 5. The van der Waals surface area contributed by atoms with Crippen LogP contribution in [0.15, 0.2) is 0 Å². The molecule has 1 saturated carbocycles. The summed E-state index contributed by atoms with van der Waals surface area (Å²) in [5.41, 5.74) is 0. The molecule has 0 saturated heterocycles. The number of methoxy groups -OCH3 is 1. The first-order valence-electron chi connectivity index (χ1n) is 7.50. The monoisotopic (exact) mass is 298 g/mol. The molecule has 2 atom stereocenters. The quantitative estimate of drug-likeness (QED) is 0.771. The molecule has 0 unspecified atom stereocenters. The third-order valence-corrected chi connectivity index (χ3v) is 4.33. The minimum absolute atomic E-state index is 0.116. The van der Waals surface area contributed by atoms with Gasteiger partial charge >= 0.3 is 5.97 Å². The number of carbonyl (C=O) groups is 3. The molecule has 0 heterocycles. The summed E-state index contributed by atoms with van der Waals surface area (Å²) in [5.74, 6) is -0.809. The van der Waals surface area contributed by atoms with Crippen LogP contribution in [0.25, 0.3) is 0 Å². The first kappa shape index (κ1) is 17.5. The molecule has 2 amide bonds. The zero-order valence-corrected chi connectivity index (χ0v) is 13.3. The van der Waals surface area contributed by atoms with Crippen molar-refractivity contribution in [1.29, 1.82) is 0 Å². The first-order valence-corrected chi connectivity index (χ1v) is 7.50. The molecule has 6 heteroatoms. The molecule has 0 bridgehead atoms. The Balaban J connectivity index is 2.73. The van der Waals surface area contributed by atoms with Crippen LogP contribution in [-0.4, -0.2) is 48.9 Å². The van der Waals surface area contributed by atoms with E-state index in [2.05, 4.69) is 5.32 Å². The van der Waals surface area contributed by atoms with Crippen molar-refractivity contribution >= 4 is 17.8 Å². The Kier molecular flexibility index (Phi) is 6.65.